The molecular formula is C44H45I2N3O7. The van der Waals surface area contributed by atoms with Crippen LogP contribution in [0.1, 0.15) is 101 Å². The second-order valence-corrected chi connectivity index (χ2v) is 15.9. The number of halogens is 2. The number of carboxylic acid groups (broad SMARTS) is 1. The number of hydrogen-bond donors (Lipinski definition) is 2. The van der Waals surface area contributed by atoms with Crippen molar-refractivity contribution in [3.05, 3.63) is 137 Å². The molecule has 6 rings (SSSR count). The van der Waals surface area contributed by atoms with Gasteiger partial charge in [-0.15, -0.1) is 0 Å². The van der Waals surface area contributed by atoms with E-state index in [4.69, 9.17) is 18.5 Å². The fourth-order valence-corrected chi connectivity index (χ4v) is 7.58. The summed E-state index contributed by atoms with van der Waals surface area (Å²) in [7, 11) is 0. The average molecular weight is 982 g/mol. The van der Waals surface area contributed by atoms with E-state index in [1.807, 2.05) is 115 Å². The number of nitrogens with one attached hydrogen (secondary N) is 1. The number of ether oxygens (including phenoxy) is 2. The van der Waals surface area contributed by atoms with E-state index in [9.17, 15) is 14.7 Å². The van der Waals surface area contributed by atoms with Crippen LogP contribution in [0.5, 0.6) is 11.5 Å². The van der Waals surface area contributed by atoms with Gasteiger partial charge in [-0.05, 0) is 135 Å². The number of carbonyl (C=O) groups is 2. The van der Waals surface area contributed by atoms with Crippen LogP contribution in [-0.2, 0) is 13.2 Å². The van der Waals surface area contributed by atoms with Crippen molar-refractivity contribution in [3.8, 4) is 34.0 Å². The first kappa shape index (κ1) is 42.4. The largest absolute Gasteiger partial charge is 0.488 e. The lowest BCUT2D eigenvalue weighted by molar-refractivity contribution is 0.0650. The molecule has 0 aliphatic heterocycles. The molecule has 0 radical (unpaired) electrons. The van der Waals surface area contributed by atoms with Crippen LogP contribution in [0.4, 0.5) is 0 Å². The minimum absolute atomic E-state index is 0.161. The van der Waals surface area contributed by atoms with Crippen molar-refractivity contribution in [1.82, 2.24) is 15.6 Å². The number of aromatic carboxylic acids is 1. The smallest absolute Gasteiger partial charge is 0.375 e. The Hall–Kier alpha value is -4.70. The summed E-state index contributed by atoms with van der Waals surface area (Å²) < 4.78 is 23.8. The monoisotopic (exact) mass is 981 g/mol. The lowest BCUT2D eigenvalue weighted by Crippen LogP contribution is -2.22. The molecule has 1 amide bonds. The minimum atomic E-state index is -1.14. The Morgan fingerprint density at radius 2 is 1.11 bits per heavy atom. The van der Waals surface area contributed by atoms with Crippen LogP contribution in [-0.4, -0.2) is 33.8 Å². The molecule has 2 N–H and O–H groups in total. The summed E-state index contributed by atoms with van der Waals surface area (Å²) in [5, 5.41) is 20.2. The highest BCUT2D eigenvalue weighted by molar-refractivity contribution is 14.1. The van der Waals surface area contributed by atoms with Gasteiger partial charge in [-0.3, -0.25) is 4.79 Å². The quantitative estimate of drug-likeness (QED) is 0.108. The summed E-state index contributed by atoms with van der Waals surface area (Å²) in [6, 6.07) is 28.1. The van der Waals surface area contributed by atoms with E-state index in [-0.39, 0.29) is 17.4 Å². The van der Waals surface area contributed by atoms with Crippen LogP contribution >= 0.6 is 45.2 Å². The number of aryl methyl sites for hydroxylation is 2. The molecule has 0 atom stereocenters. The molecule has 0 saturated carbocycles. The van der Waals surface area contributed by atoms with Crippen LogP contribution in [0.25, 0.3) is 22.5 Å². The predicted molar refractivity (Wildman–Crippen MR) is 233 cm³/mol. The Balaban J connectivity index is 0.000000215. The van der Waals surface area contributed by atoms with E-state index >= 15 is 0 Å². The number of nitrogens with zero attached hydrogens (tertiary/aromatic N) is 2. The van der Waals surface area contributed by atoms with Gasteiger partial charge in [0.2, 0.25) is 5.76 Å². The molecule has 292 valence electrons. The molecule has 56 heavy (non-hydrogen) atoms. The van der Waals surface area contributed by atoms with Gasteiger partial charge in [0.1, 0.15) is 36.1 Å². The number of rotatable bonds is 13. The molecule has 0 unspecified atom stereocenters. The van der Waals surface area contributed by atoms with Gasteiger partial charge in [0.15, 0.2) is 0 Å². The first-order valence-corrected chi connectivity index (χ1v) is 20.4. The minimum Gasteiger partial charge on any atom is -0.488 e. The third-order valence-electron chi connectivity index (χ3n) is 8.97. The van der Waals surface area contributed by atoms with E-state index in [2.05, 4.69) is 78.9 Å². The molecule has 0 saturated heterocycles. The Labute approximate surface area is 354 Å². The van der Waals surface area contributed by atoms with E-state index < -0.39 is 5.97 Å². The summed E-state index contributed by atoms with van der Waals surface area (Å²) in [6.45, 7) is 15.9. The van der Waals surface area contributed by atoms with Crippen LogP contribution in [0.3, 0.4) is 0 Å². The first-order chi connectivity index (χ1) is 26.8. The second kappa shape index (κ2) is 19.4. The maximum absolute atomic E-state index is 12.3. The van der Waals surface area contributed by atoms with Gasteiger partial charge < -0.3 is 28.9 Å². The molecule has 0 aliphatic carbocycles. The lowest BCUT2D eigenvalue weighted by atomic mass is 9.94. The maximum Gasteiger partial charge on any atom is 0.375 e. The summed E-state index contributed by atoms with van der Waals surface area (Å²) in [6.07, 6.45) is 0. The highest BCUT2D eigenvalue weighted by Gasteiger charge is 2.26. The van der Waals surface area contributed by atoms with Gasteiger partial charge >= 0.3 is 5.97 Å². The molecular weight excluding hydrogens is 936 g/mol. The lowest BCUT2D eigenvalue weighted by Gasteiger charge is -2.16. The third-order valence-corrected chi connectivity index (χ3v) is 11.0. The maximum atomic E-state index is 12.3. The molecule has 12 heteroatoms. The zero-order valence-electron chi connectivity index (χ0n) is 32.4. The zero-order valence-corrected chi connectivity index (χ0v) is 36.7. The number of benzene rings is 4. The van der Waals surface area contributed by atoms with Gasteiger partial charge in [-0.2, -0.15) is 0 Å². The van der Waals surface area contributed by atoms with Crippen molar-refractivity contribution in [3.63, 3.8) is 0 Å². The van der Waals surface area contributed by atoms with Crippen molar-refractivity contribution in [2.75, 3.05) is 6.54 Å². The van der Waals surface area contributed by atoms with Gasteiger partial charge in [0.25, 0.3) is 11.7 Å². The normalized spacial score (nSPS) is 11.0. The molecule has 0 aliphatic rings. The topological polar surface area (TPSA) is 137 Å². The molecule has 6 aromatic rings. The average Bonchev–Trinajstić information content (AvgIpc) is 3.76. The Bertz CT molecular complexity index is 2280. The second-order valence-electron chi connectivity index (χ2n) is 13.8. The third kappa shape index (κ3) is 10.2. The summed E-state index contributed by atoms with van der Waals surface area (Å²) in [4.78, 5) is 23.6. The van der Waals surface area contributed by atoms with Gasteiger partial charge in [-0.1, -0.05) is 98.7 Å². The molecule has 2 aromatic heterocycles. The number of amides is 1. The van der Waals surface area contributed by atoms with Crippen LogP contribution in [0.15, 0.2) is 94.0 Å². The number of aromatic nitrogens is 2. The number of carbonyl (C=O) groups excluding carboxylic acids is 1. The predicted octanol–water partition coefficient (Wildman–Crippen LogP) is 11.4. The molecule has 0 bridgehead atoms. The molecule has 4 aromatic carbocycles. The van der Waals surface area contributed by atoms with E-state index in [1.54, 1.807) is 0 Å². The molecule has 10 nitrogen and oxygen atoms in total. The molecule has 2 heterocycles. The van der Waals surface area contributed by atoms with Crippen molar-refractivity contribution >= 4 is 57.1 Å². The summed E-state index contributed by atoms with van der Waals surface area (Å²) in [5.41, 5.74) is 9.47. The van der Waals surface area contributed by atoms with Crippen LogP contribution in [0, 0.1) is 21.0 Å². The number of carboxylic acids is 1. The van der Waals surface area contributed by atoms with Crippen LogP contribution < -0.4 is 14.8 Å². The van der Waals surface area contributed by atoms with Gasteiger partial charge in [0, 0.05) is 17.7 Å². The Kier molecular flexibility index (Phi) is 14.7. The van der Waals surface area contributed by atoms with Crippen molar-refractivity contribution in [2.45, 2.75) is 73.5 Å². The molecule has 0 spiro atoms. The molecule has 0 fully saturated rings. The van der Waals surface area contributed by atoms with E-state index in [0.29, 0.717) is 55.9 Å². The number of hydrogen-bond acceptors (Lipinski definition) is 8. The first-order valence-electron chi connectivity index (χ1n) is 18.3. The van der Waals surface area contributed by atoms with Gasteiger partial charge in [0.05, 0.1) is 7.14 Å². The Morgan fingerprint density at radius 3 is 1.48 bits per heavy atom. The fourth-order valence-electron chi connectivity index (χ4n) is 6.13. The fraction of sp³-hybridized carbons (Fsp3) is 0.273. The van der Waals surface area contributed by atoms with E-state index in [1.165, 1.54) is 5.56 Å². The van der Waals surface area contributed by atoms with Gasteiger partial charge in [-0.25, -0.2) is 4.79 Å². The van der Waals surface area contributed by atoms with Crippen molar-refractivity contribution < 1.29 is 33.2 Å². The van der Waals surface area contributed by atoms with Crippen LogP contribution in [0.2, 0.25) is 0 Å². The van der Waals surface area contributed by atoms with Crippen molar-refractivity contribution in [2.24, 2.45) is 0 Å². The zero-order chi connectivity index (χ0) is 40.5. The standard InChI is InChI=1S/C23H25IN2O3.C21H20INO4/c1-5-25-23(27)22-20(24)21(26-29-22)18-12-17(14(2)3)15(4)11-19(18)28-13-16-9-7-6-8-10-16;1-12(2)15-10-16(19-18(22)20(21(24)25)27-23-19)17(9-13(15)3)26-11-14-7-5-4-6-8-14/h6-12,14H,5,13H2,1-4H3,(H,25,27);4-10,12H,11H2,1-3H3,(H,24,25). The summed E-state index contributed by atoms with van der Waals surface area (Å²) >= 11 is 4.07. The van der Waals surface area contributed by atoms with E-state index in [0.717, 1.165) is 44.7 Å². The highest BCUT2D eigenvalue weighted by atomic mass is 127. The SMILES string of the molecule is CCNC(=O)c1onc(-c2cc(C(C)C)c(C)cc2OCc2ccccc2)c1I.Cc1cc(OCc2ccccc2)c(-c2noc(C(=O)O)c2I)cc1C(C)C. The Morgan fingerprint density at radius 1 is 0.696 bits per heavy atom. The highest BCUT2D eigenvalue weighted by Crippen LogP contribution is 2.40. The summed E-state index contributed by atoms with van der Waals surface area (Å²) in [5.74, 6) is 0.710. The van der Waals surface area contributed by atoms with Crippen molar-refractivity contribution in [1.29, 1.82) is 0 Å².